The van der Waals surface area contributed by atoms with Crippen LogP contribution >= 0.6 is 0 Å². The molecule has 0 atom stereocenters. The molecule has 4 heteroatoms. The fourth-order valence-electron chi connectivity index (χ4n) is 1.55. The molecule has 4 nitrogen and oxygen atoms in total. The third kappa shape index (κ3) is 1.40. The highest BCUT2D eigenvalue weighted by atomic mass is 16.6. The maximum Gasteiger partial charge on any atom is 0.275 e. The number of hydrogen-bond donors (Lipinski definition) is 0. The van der Waals surface area contributed by atoms with E-state index in [0.717, 1.165) is 17.5 Å². The van der Waals surface area contributed by atoms with Gasteiger partial charge in [0, 0.05) is 6.07 Å². The van der Waals surface area contributed by atoms with Gasteiger partial charge < -0.3 is 4.74 Å². The minimum atomic E-state index is -0.354. The van der Waals surface area contributed by atoms with Gasteiger partial charge in [0.2, 0.25) is 0 Å². The molecule has 1 aromatic rings. The SMILES string of the molecule is O=[N+]([O-])c1cccc2c1COCC2. The van der Waals surface area contributed by atoms with Gasteiger partial charge in [-0.25, -0.2) is 0 Å². The third-order valence-electron chi connectivity index (χ3n) is 2.21. The molecule has 0 aliphatic carbocycles. The van der Waals surface area contributed by atoms with Crippen molar-refractivity contribution < 1.29 is 9.66 Å². The molecule has 13 heavy (non-hydrogen) atoms. The first-order valence-electron chi connectivity index (χ1n) is 4.12. The molecule has 0 N–H and O–H groups in total. The Labute approximate surface area is 75.3 Å². The monoisotopic (exact) mass is 179 g/mol. The number of nitro groups is 1. The Bertz CT molecular complexity index is 349. The standard InChI is InChI=1S/C9H9NO3/c11-10(12)9-3-1-2-7-4-5-13-6-8(7)9/h1-3H,4-6H2. The number of nitro benzene ring substituents is 1. The van der Waals surface area contributed by atoms with Gasteiger partial charge in [0.05, 0.1) is 23.7 Å². The van der Waals surface area contributed by atoms with Gasteiger partial charge >= 0.3 is 0 Å². The van der Waals surface area contributed by atoms with Crippen molar-refractivity contribution in [2.24, 2.45) is 0 Å². The molecule has 1 aliphatic heterocycles. The fourth-order valence-corrected chi connectivity index (χ4v) is 1.55. The summed E-state index contributed by atoms with van der Waals surface area (Å²) in [4.78, 5) is 10.3. The lowest BCUT2D eigenvalue weighted by Gasteiger charge is -2.15. The normalized spacial score (nSPS) is 15.1. The van der Waals surface area contributed by atoms with Crippen LogP contribution in [0.3, 0.4) is 0 Å². The lowest BCUT2D eigenvalue weighted by molar-refractivity contribution is -0.386. The van der Waals surface area contributed by atoms with Crippen LogP contribution in [0.25, 0.3) is 0 Å². The lowest BCUT2D eigenvalue weighted by atomic mass is 10.0. The predicted molar refractivity (Wildman–Crippen MR) is 46.5 cm³/mol. The van der Waals surface area contributed by atoms with Crippen LogP contribution in [0.4, 0.5) is 5.69 Å². The number of ether oxygens (including phenoxy) is 1. The van der Waals surface area contributed by atoms with E-state index < -0.39 is 0 Å². The van der Waals surface area contributed by atoms with Gasteiger partial charge in [-0.05, 0) is 12.0 Å². The van der Waals surface area contributed by atoms with Crippen LogP contribution in [0.2, 0.25) is 0 Å². The van der Waals surface area contributed by atoms with Gasteiger partial charge in [0.25, 0.3) is 5.69 Å². The van der Waals surface area contributed by atoms with Gasteiger partial charge in [-0.2, -0.15) is 0 Å². The Morgan fingerprint density at radius 1 is 1.46 bits per heavy atom. The van der Waals surface area contributed by atoms with Gasteiger partial charge in [-0.3, -0.25) is 10.1 Å². The van der Waals surface area contributed by atoms with E-state index in [1.165, 1.54) is 6.07 Å². The first-order valence-corrected chi connectivity index (χ1v) is 4.12. The fraction of sp³-hybridized carbons (Fsp3) is 0.333. The van der Waals surface area contributed by atoms with Gasteiger partial charge in [-0.1, -0.05) is 12.1 Å². The van der Waals surface area contributed by atoms with Gasteiger partial charge in [0.15, 0.2) is 0 Å². The number of hydrogen-bond acceptors (Lipinski definition) is 3. The summed E-state index contributed by atoms with van der Waals surface area (Å²) >= 11 is 0. The summed E-state index contributed by atoms with van der Waals surface area (Å²) < 4.78 is 5.18. The zero-order valence-corrected chi connectivity index (χ0v) is 7.03. The quantitative estimate of drug-likeness (QED) is 0.486. The molecule has 0 saturated heterocycles. The maximum atomic E-state index is 10.6. The van der Waals surface area contributed by atoms with E-state index in [4.69, 9.17) is 4.74 Å². The molecule has 0 fully saturated rings. The van der Waals surface area contributed by atoms with E-state index in [1.54, 1.807) is 6.07 Å². The Balaban J connectivity index is 2.52. The van der Waals surface area contributed by atoms with Crippen LogP contribution in [-0.4, -0.2) is 11.5 Å². The highest BCUT2D eigenvalue weighted by molar-refractivity contribution is 5.45. The molecular formula is C9H9NO3. The van der Waals surface area contributed by atoms with Crippen molar-refractivity contribution in [1.29, 1.82) is 0 Å². The van der Waals surface area contributed by atoms with Crippen LogP contribution in [-0.2, 0) is 17.8 Å². The van der Waals surface area contributed by atoms with Crippen molar-refractivity contribution in [2.45, 2.75) is 13.0 Å². The van der Waals surface area contributed by atoms with Crippen molar-refractivity contribution >= 4 is 5.69 Å². The van der Waals surface area contributed by atoms with Crippen LogP contribution in [0.1, 0.15) is 11.1 Å². The van der Waals surface area contributed by atoms with Crippen LogP contribution < -0.4 is 0 Å². The summed E-state index contributed by atoms with van der Waals surface area (Å²) in [6.45, 7) is 1.03. The highest BCUT2D eigenvalue weighted by Crippen LogP contribution is 2.26. The smallest absolute Gasteiger partial charge is 0.275 e. The second-order valence-corrected chi connectivity index (χ2v) is 2.97. The Morgan fingerprint density at radius 3 is 3.08 bits per heavy atom. The average molecular weight is 179 g/mol. The first-order chi connectivity index (χ1) is 6.29. The predicted octanol–water partition coefficient (Wildman–Crippen LogP) is 1.67. The first kappa shape index (κ1) is 8.19. The minimum absolute atomic E-state index is 0.178. The second kappa shape index (κ2) is 3.14. The molecule has 2 rings (SSSR count). The molecule has 1 aliphatic rings. The number of benzene rings is 1. The molecule has 0 aromatic heterocycles. The molecule has 0 amide bonds. The van der Waals surface area contributed by atoms with E-state index in [9.17, 15) is 10.1 Å². The minimum Gasteiger partial charge on any atom is -0.376 e. The zero-order chi connectivity index (χ0) is 9.26. The van der Waals surface area contributed by atoms with Crippen molar-refractivity contribution in [1.82, 2.24) is 0 Å². The van der Waals surface area contributed by atoms with E-state index in [-0.39, 0.29) is 10.6 Å². The van der Waals surface area contributed by atoms with E-state index in [0.29, 0.717) is 13.2 Å². The summed E-state index contributed by atoms with van der Waals surface area (Å²) in [7, 11) is 0. The maximum absolute atomic E-state index is 10.6. The lowest BCUT2D eigenvalue weighted by Crippen LogP contribution is -2.11. The van der Waals surface area contributed by atoms with Crippen molar-refractivity contribution in [3.63, 3.8) is 0 Å². The molecule has 0 unspecified atom stereocenters. The Kier molecular flexibility index (Phi) is 1.98. The van der Waals surface area contributed by atoms with Gasteiger partial charge in [0.1, 0.15) is 0 Å². The summed E-state index contributed by atoms with van der Waals surface area (Å²) in [6.07, 6.45) is 0.775. The van der Waals surface area contributed by atoms with Crippen molar-refractivity contribution in [3.8, 4) is 0 Å². The molecular weight excluding hydrogens is 170 g/mol. The summed E-state index contributed by atoms with van der Waals surface area (Å²) in [5.41, 5.74) is 1.96. The number of nitrogens with zero attached hydrogens (tertiary/aromatic N) is 1. The number of fused-ring (bicyclic) bond motifs is 1. The summed E-state index contributed by atoms with van der Waals surface area (Å²) in [6, 6.07) is 5.17. The molecule has 0 radical (unpaired) electrons. The molecule has 1 heterocycles. The molecule has 0 spiro atoms. The second-order valence-electron chi connectivity index (χ2n) is 2.97. The van der Waals surface area contributed by atoms with E-state index in [1.807, 2.05) is 6.07 Å². The summed E-state index contributed by atoms with van der Waals surface area (Å²) in [5, 5.41) is 10.6. The molecule has 0 saturated carbocycles. The Hall–Kier alpha value is -1.42. The van der Waals surface area contributed by atoms with Crippen LogP contribution in [0.15, 0.2) is 18.2 Å². The summed E-state index contributed by atoms with van der Waals surface area (Å²) in [5.74, 6) is 0. The largest absolute Gasteiger partial charge is 0.376 e. The van der Waals surface area contributed by atoms with Crippen LogP contribution in [0.5, 0.6) is 0 Å². The number of rotatable bonds is 1. The average Bonchev–Trinajstić information content (AvgIpc) is 2.17. The molecule has 68 valence electrons. The molecule has 0 bridgehead atoms. The highest BCUT2D eigenvalue weighted by Gasteiger charge is 2.19. The van der Waals surface area contributed by atoms with Crippen LogP contribution in [0, 0.1) is 10.1 Å². The topological polar surface area (TPSA) is 52.4 Å². The van der Waals surface area contributed by atoms with Crippen molar-refractivity contribution in [2.75, 3.05) is 6.61 Å². The van der Waals surface area contributed by atoms with E-state index in [2.05, 4.69) is 0 Å². The van der Waals surface area contributed by atoms with Crippen molar-refractivity contribution in [3.05, 3.63) is 39.4 Å². The van der Waals surface area contributed by atoms with Gasteiger partial charge in [-0.15, -0.1) is 0 Å². The third-order valence-corrected chi connectivity index (χ3v) is 2.21. The molecule has 1 aromatic carbocycles. The zero-order valence-electron chi connectivity index (χ0n) is 7.03. The Morgan fingerprint density at radius 2 is 2.31 bits per heavy atom. The van der Waals surface area contributed by atoms with E-state index >= 15 is 0 Å².